The maximum Gasteiger partial charge on any atom is 0.128 e. The zero-order valence-corrected chi connectivity index (χ0v) is 12.1. The molecule has 20 heavy (non-hydrogen) atoms. The van der Waals surface area contributed by atoms with Gasteiger partial charge in [-0.2, -0.15) is 0 Å². The van der Waals surface area contributed by atoms with Crippen LogP contribution in [0.25, 0.3) is 0 Å². The smallest absolute Gasteiger partial charge is 0.128 e. The van der Waals surface area contributed by atoms with Gasteiger partial charge in [0, 0.05) is 36.3 Å². The van der Waals surface area contributed by atoms with Gasteiger partial charge in [0.1, 0.15) is 11.6 Å². The van der Waals surface area contributed by atoms with E-state index in [9.17, 15) is 8.78 Å². The van der Waals surface area contributed by atoms with Crippen LogP contribution in [0.3, 0.4) is 0 Å². The van der Waals surface area contributed by atoms with Crippen molar-refractivity contribution in [3.63, 3.8) is 0 Å². The molecule has 2 fully saturated rings. The largest absolute Gasteiger partial charge is 0.306 e. The maximum atomic E-state index is 13.8. The van der Waals surface area contributed by atoms with E-state index in [-0.39, 0.29) is 17.7 Å². The molecule has 1 aromatic rings. The minimum Gasteiger partial charge on any atom is -0.306 e. The van der Waals surface area contributed by atoms with E-state index in [1.54, 1.807) is 0 Å². The van der Waals surface area contributed by atoms with Crippen LogP contribution in [0.15, 0.2) is 18.2 Å². The van der Waals surface area contributed by atoms with Gasteiger partial charge in [-0.1, -0.05) is 0 Å². The van der Waals surface area contributed by atoms with E-state index in [4.69, 9.17) is 0 Å². The lowest BCUT2D eigenvalue weighted by Gasteiger charge is -2.21. The van der Waals surface area contributed by atoms with E-state index in [0.29, 0.717) is 17.6 Å². The van der Waals surface area contributed by atoms with Crippen molar-refractivity contribution in [1.29, 1.82) is 0 Å². The lowest BCUT2D eigenvalue weighted by Crippen LogP contribution is -2.35. The van der Waals surface area contributed by atoms with Crippen molar-refractivity contribution in [3.8, 4) is 0 Å². The fourth-order valence-electron chi connectivity index (χ4n) is 3.38. The summed E-state index contributed by atoms with van der Waals surface area (Å²) in [4.78, 5) is 2.55. The third kappa shape index (κ3) is 2.86. The lowest BCUT2D eigenvalue weighted by atomic mass is 10.1. The number of hydrogen-bond acceptors (Lipinski definition) is 2. The summed E-state index contributed by atoms with van der Waals surface area (Å²) in [6.45, 7) is 5.18. The van der Waals surface area contributed by atoms with Gasteiger partial charge in [0.05, 0.1) is 0 Å². The number of nitrogens with one attached hydrogen (secondary N) is 1. The van der Waals surface area contributed by atoms with Crippen molar-refractivity contribution in [2.45, 2.75) is 57.3 Å². The molecule has 4 heteroatoms. The molecule has 3 unspecified atom stereocenters. The van der Waals surface area contributed by atoms with E-state index in [1.165, 1.54) is 25.0 Å². The Hall–Kier alpha value is -1.00. The molecule has 1 heterocycles. The molecule has 2 nitrogen and oxygen atoms in total. The normalized spacial score (nSPS) is 28.8. The van der Waals surface area contributed by atoms with Crippen LogP contribution in [0, 0.1) is 11.6 Å². The SMILES string of the molecule is CC(NC1CC(C)N(C2CC2)C1)c1cc(F)ccc1F. The Balaban J connectivity index is 1.64. The molecule has 2 aliphatic rings. The molecule has 1 saturated heterocycles. The second-order valence-corrected chi connectivity index (χ2v) is 6.26. The lowest BCUT2D eigenvalue weighted by molar-refractivity contribution is 0.254. The van der Waals surface area contributed by atoms with Gasteiger partial charge in [-0.05, 0) is 51.3 Å². The fraction of sp³-hybridized carbons (Fsp3) is 0.625. The molecular weight excluding hydrogens is 258 g/mol. The minimum absolute atomic E-state index is 0.165. The summed E-state index contributed by atoms with van der Waals surface area (Å²) in [5.41, 5.74) is 0.419. The van der Waals surface area contributed by atoms with Crippen LogP contribution in [0.4, 0.5) is 8.78 Å². The molecule has 3 atom stereocenters. The molecule has 1 aliphatic heterocycles. The van der Waals surface area contributed by atoms with Crippen molar-refractivity contribution in [3.05, 3.63) is 35.4 Å². The summed E-state index contributed by atoms with van der Waals surface area (Å²) in [5.74, 6) is -0.717. The van der Waals surface area contributed by atoms with Gasteiger partial charge in [-0.15, -0.1) is 0 Å². The molecule has 1 N–H and O–H groups in total. The van der Waals surface area contributed by atoms with E-state index < -0.39 is 0 Å². The molecule has 0 bridgehead atoms. The van der Waals surface area contributed by atoms with Gasteiger partial charge in [0.25, 0.3) is 0 Å². The average Bonchev–Trinajstić information content (AvgIpc) is 3.17. The Bertz CT molecular complexity index is 487. The quantitative estimate of drug-likeness (QED) is 0.911. The Morgan fingerprint density at radius 3 is 2.75 bits per heavy atom. The minimum atomic E-state index is -0.380. The van der Waals surface area contributed by atoms with Gasteiger partial charge < -0.3 is 5.32 Å². The first-order valence-electron chi connectivity index (χ1n) is 7.51. The monoisotopic (exact) mass is 280 g/mol. The highest BCUT2D eigenvalue weighted by Gasteiger charge is 2.39. The summed E-state index contributed by atoms with van der Waals surface area (Å²) < 4.78 is 27.0. The van der Waals surface area contributed by atoms with Crippen molar-refractivity contribution < 1.29 is 8.78 Å². The molecular formula is C16H22F2N2. The Morgan fingerprint density at radius 2 is 2.05 bits per heavy atom. The van der Waals surface area contributed by atoms with Crippen LogP contribution in [0.2, 0.25) is 0 Å². The number of rotatable bonds is 4. The predicted molar refractivity (Wildman–Crippen MR) is 75.5 cm³/mol. The van der Waals surface area contributed by atoms with E-state index in [1.807, 2.05) is 6.92 Å². The van der Waals surface area contributed by atoms with Crippen molar-refractivity contribution >= 4 is 0 Å². The molecule has 0 spiro atoms. The van der Waals surface area contributed by atoms with Crippen LogP contribution < -0.4 is 5.32 Å². The molecule has 1 saturated carbocycles. The summed E-state index contributed by atoms with van der Waals surface area (Å²) in [7, 11) is 0. The van der Waals surface area contributed by atoms with E-state index >= 15 is 0 Å². The highest BCUT2D eigenvalue weighted by molar-refractivity contribution is 5.22. The average molecular weight is 280 g/mol. The van der Waals surface area contributed by atoms with Gasteiger partial charge in [-0.3, -0.25) is 4.90 Å². The van der Waals surface area contributed by atoms with Crippen molar-refractivity contribution in [2.75, 3.05) is 6.54 Å². The van der Waals surface area contributed by atoms with Crippen LogP contribution in [0.5, 0.6) is 0 Å². The van der Waals surface area contributed by atoms with Crippen LogP contribution in [-0.4, -0.2) is 29.6 Å². The molecule has 3 rings (SSSR count). The molecule has 110 valence electrons. The summed E-state index contributed by atoms with van der Waals surface area (Å²) >= 11 is 0. The Morgan fingerprint density at radius 1 is 1.30 bits per heavy atom. The fourth-order valence-corrected chi connectivity index (χ4v) is 3.38. The zero-order valence-electron chi connectivity index (χ0n) is 12.1. The second kappa shape index (κ2) is 5.41. The number of likely N-dealkylation sites (tertiary alicyclic amines) is 1. The number of hydrogen-bond donors (Lipinski definition) is 1. The molecule has 0 aromatic heterocycles. The van der Waals surface area contributed by atoms with E-state index in [0.717, 1.165) is 25.1 Å². The van der Waals surface area contributed by atoms with Crippen molar-refractivity contribution in [1.82, 2.24) is 10.2 Å². The topological polar surface area (TPSA) is 15.3 Å². The van der Waals surface area contributed by atoms with Gasteiger partial charge >= 0.3 is 0 Å². The summed E-state index contributed by atoms with van der Waals surface area (Å²) in [6, 6.07) is 5.21. The molecule has 1 aromatic carbocycles. The van der Waals surface area contributed by atoms with Crippen LogP contribution in [0.1, 0.15) is 44.7 Å². The first-order valence-corrected chi connectivity index (χ1v) is 7.51. The highest BCUT2D eigenvalue weighted by atomic mass is 19.1. The van der Waals surface area contributed by atoms with Crippen LogP contribution in [-0.2, 0) is 0 Å². The van der Waals surface area contributed by atoms with Gasteiger partial charge in [0.15, 0.2) is 0 Å². The second-order valence-electron chi connectivity index (χ2n) is 6.26. The predicted octanol–water partition coefficient (Wildman–Crippen LogP) is 3.24. The first-order chi connectivity index (χ1) is 9.54. The molecule has 1 aliphatic carbocycles. The maximum absolute atomic E-state index is 13.8. The number of benzene rings is 1. The Kier molecular flexibility index (Phi) is 3.78. The molecule has 0 amide bonds. The highest BCUT2D eigenvalue weighted by Crippen LogP contribution is 2.34. The summed E-state index contributed by atoms with van der Waals surface area (Å²) in [6.07, 6.45) is 3.70. The van der Waals surface area contributed by atoms with E-state index in [2.05, 4.69) is 17.1 Å². The van der Waals surface area contributed by atoms with Crippen LogP contribution >= 0.6 is 0 Å². The van der Waals surface area contributed by atoms with Crippen molar-refractivity contribution in [2.24, 2.45) is 0 Å². The first kappa shape index (κ1) is 14.0. The standard InChI is InChI=1S/C16H22F2N2/c1-10-7-13(9-20(10)14-4-5-14)19-11(2)15-8-12(17)3-6-16(15)18/h3,6,8,10-11,13-14,19H,4-5,7,9H2,1-2H3. The van der Waals surface area contributed by atoms with Gasteiger partial charge in [-0.25, -0.2) is 8.78 Å². The third-order valence-electron chi connectivity index (χ3n) is 4.55. The van der Waals surface area contributed by atoms with Gasteiger partial charge in [0.2, 0.25) is 0 Å². The zero-order chi connectivity index (χ0) is 14.3. The Labute approximate surface area is 119 Å². The third-order valence-corrected chi connectivity index (χ3v) is 4.55. The number of nitrogens with zero attached hydrogens (tertiary/aromatic N) is 1. The molecule has 0 radical (unpaired) electrons. The summed E-state index contributed by atoms with van der Waals surface area (Å²) in [5, 5.41) is 3.46. The number of halogens is 2.